The molecule has 110 valence electrons. The number of aryl methyl sites for hydroxylation is 1. The lowest BCUT2D eigenvalue weighted by Crippen LogP contribution is -2.31. The average Bonchev–Trinajstić information content (AvgIpc) is 2.49. The highest BCUT2D eigenvalue weighted by molar-refractivity contribution is 7.98. The number of carbonyl (C=O) groups excluding carboxylic acids is 1. The summed E-state index contributed by atoms with van der Waals surface area (Å²) in [5.41, 5.74) is 2.94. The largest absolute Gasteiger partial charge is 0.374 e. The maximum absolute atomic E-state index is 12.2. The zero-order chi connectivity index (χ0) is 15.2. The van der Waals surface area contributed by atoms with Crippen LogP contribution in [-0.2, 0) is 4.79 Å². The first-order valence-electron chi connectivity index (χ1n) is 6.86. The normalized spacial score (nSPS) is 11.8. The van der Waals surface area contributed by atoms with Gasteiger partial charge in [0.05, 0.1) is 0 Å². The van der Waals surface area contributed by atoms with Crippen LogP contribution in [0.4, 0.5) is 11.4 Å². The number of carbonyl (C=O) groups is 1. The van der Waals surface area contributed by atoms with E-state index in [1.165, 1.54) is 10.5 Å². The van der Waals surface area contributed by atoms with E-state index in [-0.39, 0.29) is 11.9 Å². The van der Waals surface area contributed by atoms with Gasteiger partial charge in [-0.15, -0.1) is 11.8 Å². The lowest BCUT2D eigenvalue weighted by Gasteiger charge is -2.16. The third-order valence-electron chi connectivity index (χ3n) is 3.17. The molecule has 2 N–H and O–H groups in total. The van der Waals surface area contributed by atoms with Crippen molar-refractivity contribution in [2.75, 3.05) is 16.9 Å². The Morgan fingerprint density at radius 1 is 1.10 bits per heavy atom. The summed E-state index contributed by atoms with van der Waals surface area (Å²) in [5, 5.41) is 6.13. The zero-order valence-electron chi connectivity index (χ0n) is 12.5. The summed E-state index contributed by atoms with van der Waals surface area (Å²) >= 11 is 1.68. The molecule has 2 aromatic carbocycles. The van der Waals surface area contributed by atoms with Crippen molar-refractivity contribution >= 4 is 29.0 Å². The number of benzene rings is 2. The van der Waals surface area contributed by atoms with Crippen molar-refractivity contribution in [1.29, 1.82) is 0 Å². The fourth-order valence-corrected chi connectivity index (χ4v) is 2.38. The molecule has 4 heteroatoms. The van der Waals surface area contributed by atoms with Crippen molar-refractivity contribution in [1.82, 2.24) is 0 Å². The Kier molecular flexibility index (Phi) is 5.28. The van der Waals surface area contributed by atoms with E-state index in [0.29, 0.717) is 0 Å². The molecule has 3 nitrogen and oxygen atoms in total. The van der Waals surface area contributed by atoms with Crippen LogP contribution in [0.5, 0.6) is 0 Å². The van der Waals surface area contributed by atoms with Crippen molar-refractivity contribution < 1.29 is 4.79 Å². The molecule has 0 fully saturated rings. The Morgan fingerprint density at radius 3 is 2.48 bits per heavy atom. The monoisotopic (exact) mass is 300 g/mol. The van der Waals surface area contributed by atoms with E-state index in [4.69, 9.17) is 0 Å². The Morgan fingerprint density at radius 2 is 1.81 bits per heavy atom. The fraction of sp³-hybridized carbons (Fsp3) is 0.235. The lowest BCUT2D eigenvalue weighted by molar-refractivity contribution is -0.116. The molecule has 0 aliphatic carbocycles. The van der Waals surface area contributed by atoms with E-state index < -0.39 is 0 Å². The second-order valence-corrected chi connectivity index (χ2v) is 5.83. The van der Waals surface area contributed by atoms with Gasteiger partial charge in [-0.05, 0) is 50.4 Å². The van der Waals surface area contributed by atoms with Crippen molar-refractivity contribution in [2.45, 2.75) is 24.8 Å². The molecule has 0 radical (unpaired) electrons. The second-order valence-electron chi connectivity index (χ2n) is 4.95. The predicted octanol–water partition coefficient (Wildman–Crippen LogP) is 4.16. The van der Waals surface area contributed by atoms with Crippen LogP contribution in [0.15, 0.2) is 53.4 Å². The Hall–Kier alpha value is -1.94. The third kappa shape index (κ3) is 4.53. The van der Waals surface area contributed by atoms with Gasteiger partial charge in [-0.1, -0.05) is 23.8 Å². The number of nitrogens with one attached hydrogen (secondary N) is 2. The summed E-state index contributed by atoms with van der Waals surface area (Å²) in [6.45, 7) is 3.88. The molecule has 0 aliphatic heterocycles. The summed E-state index contributed by atoms with van der Waals surface area (Å²) in [6.07, 6.45) is 2.03. The number of anilines is 2. The topological polar surface area (TPSA) is 41.1 Å². The van der Waals surface area contributed by atoms with Gasteiger partial charge in [0.25, 0.3) is 0 Å². The molecule has 0 spiro atoms. The maximum atomic E-state index is 12.2. The highest BCUT2D eigenvalue weighted by atomic mass is 32.2. The quantitative estimate of drug-likeness (QED) is 0.815. The van der Waals surface area contributed by atoms with Crippen molar-refractivity contribution in [2.24, 2.45) is 0 Å². The molecule has 0 bridgehead atoms. The fourth-order valence-electron chi connectivity index (χ4n) is 1.92. The van der Waals surface area contributed by atoms with Crippen LogP contribution in [-0.4, -0.2) is 18.2 Å². The molecular weight excluding hydrogens is 280 g/mol. The molecule has 21 heavy (non-hydrogen) atoms. The van der Waals surface area contributed by atoms with Crippen LogP contribution in [0.2, 0.25) is 0 Å². The van der Waals surface area contributed by atoms with E-state index in [1.54, 1.807) is 11.8 Å². The Bertz CT molecular complexity index is 610. The van der Waals surface area contributed by atoms with Gasteiger partial charge in [0, 0.05) is 16.3 Å². The van der Waals surface area contributed by atoms with E-state index >= 15 is 0 Å². The van der Waals surface area contributed by atoms with Gasteiger partial charge < -0.3 is 10.6 Å². The summed E-state index contributed by atoms with van der Waals surface area (Å²) in [6, 6.07) is 15.5. The van der Waals surface area contributed by atoms with Gasteiger partial charge in [-0.3, -0.25) is 4.79 Å². The first-order valence-corrected chi connectivity index (χ1v) is 8.09. The van der Waals surface area contributed by atoms with Crippen LogP contribution >= 0.6 is 11.8 Å². The van der Waals surface area contributed by atoms with Crippen LogP contribution in [0.25, 0.3) is 0 Å². The molecule has 2 rings (SSSR count). The van der Waals surface area contributed by atoms with Gasteiger partial charge in [-0.25, -0.2) is 0 Å². The van der Waals surface area contributed by atoms with E-state index in [2.05, 4.69) is 10.6 Å². The smallest absolute Gasteiger partial charge is 0.246 e. The molecule has 0 saturated heterocycles. The summed E-state index contributed by atoms with van der Waals surface area (Å²) in [5.74, 6) is -0.0478. The van der Waals surface area contributed by atoms with Gasteiger partial charge >= 0.3 is 0 Å². The maximum Gasteiger partial charge on any atom is 0.246 e. The van der Waals surface area contributed by atoms with Crippen LogP contribution in [0.3, 0.4) is 0 Å². The molecule has 1 atom stereocenters. The van der Waals surface area contributed by atoms with Crippen LogP contribution < -0.4 is 10.6 Å². The third-order valence-corrected chi connectivity index (χ3v) is 3.89. The van der Waals surface area contributed by atoms with Crippen molar-refractivity contribution in [3.63, 3.8) is 0 Å². The Labute approximate surface area is 130 Å². The van der Waals surface area contributed by atoms with Gasteiger partial charge in [0.1, 0.15) is 6.04 Å². The Balaban J connectivity index is 1.97. The number of hydrogen-bond acceptors (Lipinski definition) is 3. The average molecular weight is 300 g/mol. The number of rotatable bonds is 5. The molecule has 2 aromatic rings. The predicted molar refractivity (Wildman–Crippen MR) is 91.1 cm³/mol. The van der Waals surface area contributed by atoms with E-state index in [1.807, 2.05) is 68.6 Å². The van der Waals surface area contributed by atoms with Crippen molar-refractivity contribution in [3.8, 4) is 0 Å². The first-order chi connectivity index (χ1) is 10.1. The summed E-state index contributed by atoms with van der Waals surface area (Å²) in [7, 11) is 0. The highest BCUT2D eigenvalue weighted by Gasteiger charge is 2.12. The number of amides is 1. The lowest BCUT2D eigenvalue weighted by atomic mass is 10.2. The number of thioether (sulfide) groups is 1. The minimum absolute atomic E-state index is 0.0478. The molecule has 0 aromatic heterocycles. The van der Waals surface area contributed by atoms with Gasteiger partial charge in [0.15, 0.2) is 0 Å². The van der Waals surface area contributed by atoms with Crippen LogP contribution in [0.1, 0.15) is 12.5 Å². The van der Waals surface area contributed by atoms with Gasteiger partial charge in [0.2, 0.25) is 5.91 Å². The molecule has 1 amide bonds. The van der Waals surface area contributed by atoms with E-state index in [0.717, 1.165) is 11.4 Å². The zero-order valence-corrected chi connectivity index (χ0v) is 13.3. The van der Waals surface area contributed by atoms with Gasteiger partial charge in [-0.2, -0.15) is 0 Å². The minimum Gasteiger partial charge on any atom is -0.374 e. The number of hydrogen-bond donors (Lipinski definition) is 2. The van der Waals surface area contributed by atoms with Crippen molar-refractivity contribution in [3.05, 3.63) is 54.1 Å². The first kappa shape index (κ1) is 15.4. The minimum atomic E-state index is -0.302. The highest BCUT2D eigenvalue weighted by Crippen LogP contribution is 2.19. The molecule has 0 heterocycles. The molecule has 0 aliphatic rings. The summed E-state index contributed by atoms with van der Waals surface area (Å²) in [4.78, 5) is 13.3. The standard InChI is InChI=1S/C17H20N2OS/c1-12-7-9-14(10-8-12)19-17(20)13(2)18-15-5-4-6-16(11-15)21-3/h4-11,13,18H,1-3H3,(H,19,20)/t13-/m1/s1. The van der Waals surface area contributed by atoms with Crippen LogP contribution in [0, 0.1) is 6.92 Å². The van der Waals surface area contributed by atoms with E-state index in [9.17, 15) is 4.79 Å². The molecule has 0 saturated carbocycles. The summed E-state index contributed by atoms with van der Waals surface area (Å²) < 4.78 is 0. The second kappa shape index (κ2) is 7.18. The molecule has 0 unspecified atom stereocenters. The molecular formula is C17H20N2OS. The SMILES string of the molecule is CSc1cccc(N[C@H](C)C(=O)Nc2ccc(C)cc2)c1.